The van der Waals surface area contributed by atoms with Crippen molar-refractivity contribution < 1.29 is 9.53 Å². The summed E-state index contributed by atoms with van der Waals surface area (Å²) >= 11 is 0. The topological polar surface area (TPSA) is 50.1 Å². The van der Waals surface area contributed by atoms with Gasteiger partial charge in [-0.3, -0.25) is 0 Å². The molecule has 14 heavy (non-hydrogen) atoms. The van der Waals surface area contributed by atoms with Gasteiger partial charge in [-0.05, 0) is 18.2 Å². The molecule has 1 aromatic carbocycles. The number of benzene rings is 1. The van der Waals surface area contributed by atoms with Crippen LogP contribution in [-0.2, 0) is 4.74 Å². The molecule has 0 heterocycles. The summed E-state index contributed by atoms with van der Waals surface area (Å²) in [5.41, 5.74) is 1.13. The molecule has 0 aliphatic heterocycles. The summed E-state index contributed by atoms with van der Waals surface area (Å²) in [6, 6.07) is 6.40. The Morgan fingerprint density at radius 3 is 2.57 bits per heavy atom. The number of nitriles is 1. The highest BCUT2D eigenvalue weighted by Crippen LogP contribution is 2.09. The van der Waals surface area contributed by atoms with Gasteiger partial charge in [0.05, 0.1) is 24.3 Å². The normalized spacial score (nSPS) is 8.50. The van der Waals surface area contributed by atoms with Crippen LogP contribution in [0.15, 0.2) is 18.2 Å². The van der Waals surface area contributed by atoms with Gasteiger partial charge in [0, 0.05) is 5.56 Å². The third-order valence-corrected chi connectivity index (χ3v) is 1.65. The first-order valence-corrected chi connectivity index (χ1v) is 3.81. The molecule has 1 aromatic rings. The van der Waals surface area contributed by atoms with E-state index < -0.39 is 5.97 Å². The fraction of sp³-hybridized carbons (Fsp3) is 0.0909. The highest BCUT2D eigenvalue weighted by molar-refractivity contribution is 5.90. The van der Waals surface area contributed by atoms with E-state index in [-0.39, 0.29) is 0 Å². The minimum absolute atomic E-state index is 0.291. The molecule has 0 aliphatic carbocycles. The second kappa shape index (κ2) is 4.11. The average molecular weight is 185 g/mol. The molecule has 0 saturated carbocycles. The van der Waals surface area contributed by atoms with E-state index in [1.807, 2.05) is 6.07 Å². The van der Waals surface area contributed by atoms with Crippen LogP contribution in [0.5, 0.6) is 0 Å². The Morgan fingerprint density at radius 2 is 2.07 bits per heavy atom. The summed E-state index contributed by atoms with van der Waals surface area (Å²) in [7, 11) is 1.27. The molecular formula is C11H7NO2. The minimum Gasteiger partial charge on any atom is -0.465 e. The second-order valence-corrected chi connectivity index (χ2v) is 2.55. The average Bonchev–Trinajstić information content (AvgIpc) is 2.27. The number of hydrogen-bond donors (Lipinski definition) is 0. The number of methoxy groups -OCH3 is 1. The van der Waals surface area contributed by atoms with Gasteiger partial charge in [0.15, 0.2) is 0 Å². The van der Waals surface area contributed by atoms with Gasteiger partial charge in [0.2, 0.25) is 0 Å². The van der Waals surface area contributed by atoms with Crippen LogP contribution >= 0.6 is 0 Å². The molecule has 3 heteroatoms. The number of nitrogens with zero attached hydrogens (tertiary/aromatic N) is 1. The summed E-state index contributed by atoms with van der Waals surface area (Å²) in [5, 5.41) is 8.67. The van der Waals surface area contributed by atoms with Gasteiger partial charge in [-0.1, -0.05) is 5.92 Å². The van der Waals surface area contributed by atoms with Crippen LogP contribution < -0.4 is 0 Å². The fourth-order valence-corrected chi connectivity index (χ4v) is 1.01. The molecule has 0 atom stereocenters. The lowest BCUT2D eigenvalue weighted by Gasteiger charge is -2.00. The van der Waals surface area contributed by atoms with Gasteiger partial charge in [-0.2, -0.15) is 5.26 Å². The third kappa shape index (κ3) is 1.91. The van der Waals surface area contributed by atoms with Crippen LogP contribution in [-0.4, -0.2) is 13.1 Å². The Balaban J connectivity index is 3.27. The van der Waals surface area contributed by atoms with E-state index in [0.29, 0.717) is 16.7 Å². The third-order valence-electron chi connectivity index (χ3n) is 1.65. The summed E-state index contributed by atoms with van der Waals surface area (Å²) in [6.45, 7) is 0. The largest absolute Gasteiger partial charge is 0.465 e. The molecule has 0 bridgehead atoms. The van der Waals surface area contributed by atoms with E-state index in [1.165, 1.54) is 25.3 Å². The van der Waals surface area contributed by atoms with Crippen molar-refractivity contribution in [2.45, 2.75) is 0 Å². The number of esters is 1. The molecular weight excluding hydrogens is 178 g/mol. The van der Waals surface area contributed by atoms with E-state index >= 15 is 0 Å². The van der Waals surface area contributed by atoms with Crippen molar-refractivity contribution in [1.82, 2.24) is 0 Å². The van der Waals surface area contributed by atoms with Crippen LogP contribution in [0.2, 0.25) is 0 Å². The van der Waals surface area contributed by atoms with Crippen LogP contribution in [0.25, 0.3) is 0 Å². The Morgan fingerprint density at radius 1 is 1.43 bits per heavy atom. The number of rotatable bonds is 1. The van der Waals surface area contributed by atoms with Crippen LogP contribution in [0.4, 0.5) is 0 Å². The zero-order valence-electron chi connectivity index (χ0n) is 7.57. The molecule has 0 unspecified atom stereocenters. The van der Waals surface area contributed by atoms with Gasteiger partial charge >= 0.3 is 5.97 Å². The molecule has 0 amide bonds. The standard InChI is InChI=1S/C11H7NO2/c1-3-8-4-9(7-12)6-10(5-8)11(13)14-2/h1,4-6H,2H3. The lowest BCUT2D eigenvalue weighted by Crippen LogP contribution is -2.02. The van der Waals surface area contributed by atoms with Gasteiger partial charge < -0.3 is 4.74 Å². The lowest BCUT2D eigenvalue weighted by atomic mass is 10.1. The smallest absolute Gasteiger partial charge is 0.337 e. The summed E-state index contributed by atoms with van der Waals surface area (Å²) < 4.78 is 4.52. The zero-order valence-corrected chi connectivity index (χ0v) is 7.57. The van der Waals surface area contributed by atoms with Crippen molar-refractivity contribution in [2.24, 2.45) is 0 Å². The molecule has 0 spiro atoms. The van der Waals surface area contributed by atoms with Crippen LogP contribution in [0.1, 0.15) is 21.5 Å². The monoisotopic (exact) mass is 185 g/mol. The van der Waals surface area contributed by atoms with Crippen molar-refractivity contribution >= 4 is 5.97 Å². The van der Waals surface area contributed by atoms with E-state index in [2.05, 4.69) is 10.7 Å². The highest BCUT2D eigenvalue weighted by atomic mass is 16.5. The molecule has 1 rings (SSSR count). The van der Waals surface area contributed by atoms with Crippen LogP contribution in [0, 0.1) is 23.7 Å². The molecule has 0 N–H and O–H groups in total. The highest BCUT2D eigenvalue weighted by Gasteiger charge is 2.07. The summed E-state index contributed by atoms with van der Waals surface area (Å²) in [5.74, 6) is 1.86. The zero-order chi connectivity index (χ0) is 10.6. The second-order valence-electron chi connectivity index (χ2n) is 2.55. The quantitative estimate of drug-likeness (QED) is 0.489. The molecule has 0 fully saturated rings. The maximum atomic E-state index is 11.1. The van der Waals surface area contributed by atoms with Crippen LogP contribution in [0.3, 0.4) is 0 Å². The Labute approximate surface area is 81.9 Å². The predicted octanol–water partition coefficient (Wildman–Crippen LogP) is 1.33. The van der Waals surface area contributed by atoms with Gasteiger partial charge in [0.1, 0.15) is 0 Å². The van der Waals surface area contributed by atoms with Crippen molar-refractivity contribution in [3.8, 4) is 18.4 Å². The van der Waals surface area contributed by atoms with Gasteiger partial charge in [0.25, 0.3) is 0 Å². The van der Waals surface area contributed by atoms with Gasteiger partial charge in [-0.25, -0.2) is 4.79 Å². The maximum absolute atomic E-state index is 11.1. The molecule has 0 radical (unpaired) electrons. The van der Waals surface area contributed by atoms with Gasteiger partial charge in [-0.15, -0.1) is 6.42 Å². The first kappa shape index (κ1) is 9.83. The van der Waals surface area contributed by atoms with Crippen molar-refractivity contribution in [3.63, 3.8) is 0 Å². The summed E-state index contributed by atoms with van der Waals surface area (Å²) in [4.78, 5) is 11.1. The molecule has 68 valence electrons. The predicted molar refractivity (Wildman–Crippen MR) is 50.4 cm³/mol. The molecule has 0 saturated heterocycles. The molecule has 3 nitrogen and oxygen atoms in total. The number of terminal acetylenes is 1. The first-order chi connectivity index (χ1) is 6.71. The fourth-order valence-electron chi connectivity index (χ4n) is 1.01. The maximum Gasteiger partial charge on any atom is 0.337 e. The number of ether oxygens (including phenoxy) is 1. The first-order valence-electron chi connectivity index (χ1n) is 3.81. The molecule has 0 aliphatic rings. The minimum atomic E-state index is -0.501. The lowest BCUT2D eigenvalue weighted by molar-refractivity contribution is 0.0600. The van der Waals surface area contributed by atoms with Crippen molar-refractivity contribution in [3.05, 3.63) is 34.9 Å². The summed E-state index contributed by atoms with van der Waals surface area (Å²) in [6.07, 6.45) is 5.17. The number of hydrogen-bond acceptors (Lipinski definition) is 3. The number of carbonyl (C=O) groups is 1. The molecule has 0 aromatic heterocycles. The Kier molecular flexibility index (Phi) is 2.89. The van der Waals surface area contributed by atoms with E-state index in [4.69, 9.17) is 11.7 Å². The van der Waals surface area contributed by atoms with E-state index in [1.54, 1.807) is 0 Å². The van der Waals surface area contributed by atoms with Crippen molar-refractivity contribution in [2.75, 3.05) is 7.11 Å². The Bertz CT molecular complexity index is 417. The SMILES string of the molecule is C#Cc1cc(C#N)cc(C(=O)OC)c1. The number of carbonyl (C=O) groups excluding carboxylic acids is 1. The van der Waals surface area contributed by atoms with E-state index in [9.17, 15) is 4.79 Å². The van der Waals surface area contributed by atoms with E-state index in [0.717, 1.165) is 0 Å². The Hall–Kier alpha value is -2.26. The van der Waals surface area contributed by atoms with Crippen molar-refractivity contribution in [1.29, 1.82) is 5.26 Å².